The van der Waals surface area contributed by atoms with Crippen LogP contribution in [0.25, 0.3) is 0 Å². The van der Waals surface area contributed by atoms with Crippen molar-refractivity contribution in [3.8, 4) is 5.75 Å². The molecule has 0 spiro atoms. The maximum atomic E-state index is 13.6. The number of carbonyl (C=O) groups excluding carboxylic acids is 2. The lowest BCUT2D eigenvalue weighted by Gasteiger charge is -2.29. The molecule has 2 saturated heterocycles. The molecule has 2 fully saturated rings. The maximum Gasteiger partial charge on any atom is 0.266 e. The van der Waals surface area contributed by atoms with Crippen LogP contribution in [0, 0.1) is 12.8 Å². The number of benzene rings is 3. The number of hydroxylamine groups is 1. The highest BCUT2D eigenvalue weighted by Crippen LogP contribution is 2.49. The predicted octanol–water partition coefficient (Wildman–Crippen LogP) is 4.51. The number of fused-ring (bicyclic) bond motifs is 1. The fourth-order valence-electron chi connectivity index (χ4n) is 4.31. The molecule has 156 valence electrons. The molecule has 0 saturated carbocycles. The lowest BCUT2D eigenvalue weighted by molar-refractivity contribution is -0.126. The van der Waals surface area contributed by atoms with E-state index in [4.69, 9.17) is 4.84 Å². The topological polar surface area (TPSA) is 70.1 Å². The molecule has 6 nitrogen and oxygen atoms in total. The number of aryl methyl sites for hydroxylation is 1. The van der Waals surface area contributed by atoms with Gasteiger partial charge in [-0.25, -0.2) is 9.96 Å². The Hall–Kier alpha value is -3.16. The van der Waals surface area contributed by atoms with Crippen molar-refractivity contribution in [1.82, 2.24) is 0 Å². The normalized spacial score (nSPS) is 22.8. The monoisotopic (exact) mass is 478 g/mol. The van der Waals surface area contributed by atoms with Crippen LogP contribution in [0.15, 0.2) is 77.3 Å². The standard InChI is InChI=1S/C24H19BrN2O4/c1-14-6-5-9-17(12-14)26-23(29)20-21(18-13-15(25)10-11-19(18)28)27(31-22(20)24(26)30)16-7-3-2-4-8-16/h2-13,20-22,28H,1H3/t20-,21-,22-/m1/s1. The Labute approximate surface area is 187 Å². The zero-order valence-corrected chi connectivity index (χ0v) is 18.2. The lowest BCUT2D eigenvalue weighted by atomic mass is 9.90. The number of aromatic hydroxyl groups is 1. The van der Waals surface area contributed by atoms with Crippen molar-refractivity contribution in [1.29, 1.82) is 0 Å². The number of phenolic OH excluding ortho intramolecular Hbond substituents is 1. The lowest BCUT2D eigenvalue weighted by Crippen LogP contribution is -2.37. The highest BCUT2D eigenvalue weighted by atomic mass is 79.9. The average Bonchev–Trinajstić information content (AvgIpc) is 3.26. The summed E-state index contributed by atoms with van der Waals surface area (Å²) in [4.78, 5) is 34.2. The number of rotatable bonds is 3. The van der Waals surface area contributed by atoms with Gasteiger partial charge in [0.25, 0.3) is 5.91 Å². The molecule has 7 heteroatoms. The first-order chi connectivity index (χ1) is 15.0. The van der Waals surface area contributed by atoms with Gasteiger partial charge >= 0.3 is 0 Å². The quantitative estimate of drug-likeness (QED) is 0.560. The van der Waals surface area contributed by atoms with Gasteiger partial charge in [-0.15, -0.1) is 0 Å². The minimum atomic E-state index is -0.975. The van der Waals surface area contributed by atoms with Crippen molar-refractivity contribution >= 4 is 39.1 Å². The van der Waals surface area contributed by atoms with Crippen LogP contribution in [-0.4, -0.2) is 23.0 Å². The van der Waals surface area contributed by atoms with Gasteiger partial charge in [-0.1, -0.05) is 46.3 Å². The molecule has 2 heterocycles. The zero-order chi connectivity index (χ0) is 21.7. The van der Waals surface area contributed by atoms with Crippen molar-refractivity contribution in [3.05, 3.63) is 88.4 Å². The SMILES string of the molecule is Cc1cccc(N2C(=O)[C@@H]3[C@@H](c4cc(Br)ccc4O)N(c4ccccc4)O[C@H]3C2=O)c1. The third-order valence-corrected chi connectivity index (χ3v) is 6.19. The minimum Gasteiger partial charge on any atom is -0.508 e. The predicted molar refractivity (Wildman–Crippen MR) is 120 cm³/mol. The first-order valence-corrected chi connectivity index (χ1v) is 10.7. The Morgan fingerprint density at radius 1 is 0.903 bits per heavy atom. The molecular weight excluding hydrogens is 460 g/mol. The van der Waals surface area contributed by atoms with Gasteiger partial charge in [-0.2, -0.15) is 0 Å². The maximum absolute atomic E-state index is 13.6. The van der Waals surface area contributed by atoms with E-state index in [1.165, 1.54) is 4.90 Å². The van der Waals surface area contributed by atoms with E-state index in [2.05, 4.69) is 15.9 Å². The Morgan fingerprint density at radius 2 is 1.65 bits per heavy atom. The fraction of sp³-hybridized carbons (Fsp3) is 0.167. The number of hydrogen-bond donors (Lipinski definition) is 1. The van der Waals surface area contributed by atoms with Crippen LogP contribution in [0.1, 0.15) is 17.2 Å². The fourth-order valence-corrected chi connectivity index (χ4v) is 4.69. The summed E-state index contributed by atoms with van der Waals surface area (Å²) in [6, 6.07) is 20.9. The van der Waals surface area contributed by atoms with Gasteiger partial charge in [-0.05, 0) is 55.0 Å². The second kappa shape index (κ2) is 7.51. The van der Waals surface area contributed by atoms with Gasteiger partial charge in [0, 0.05) is 10.0 Å². The Balaban J connectivity index is 1.63. The van der Waals surface area contributed by atoms with Crippen LogP contribution >= 0.6 is 15.9 Å². The van der Waals surface area contributed by atoms with E-state index < -0.39 is 24.0 Å². The summed E-state index contributed by atoms with van der Waals surface area (Å²) in [5, 5.41) is 12.2. The average molecular weight is 479 g/mol. The highest BCUT2D eigenvalue weighted by Gasteiger charge is 2.60. The summed E-state index contributed by atoms with van der Waals surface area (Å²) >= 11 is 3.44. The molecule has 3 atom stereocenters. The van der Waals surface area contributed by atoms with E-state index in [9.17, 15) is 14.7 Å². The number of halogens is 1. The smallest absolute Gasteiger partial charge is 0.266 e. The Kier molecular flexibility index (Phi) is 4.79. The van der Waals surface area contributed by atoms with Crippen LogP contribution in [-0.2, 0) is 14.4 Å². The molecule has 2 amide bonds. The number of anilines is 2. The summed E-state index contributed by atoms with van der Waals surface area (Å²) in [7, 11) is 0. The minimum absolute atomic E-state index is 0.0348. The molecule has 5 rings (SSSR count). The van der Waals surface area contributed by atoms with Crippen LogP contribution in [0.2, 0.25) is 0 Å². The largest absolute Gasteiger partial charge is 0.508 e. The van der Waals surface area contributed by atoms with Crippen LogP contribution < -0.4 is 9.96 Å². The van der Waals surface area contributed by atoms with Crippen LogP contribution in [0.3, 0.4) is 0 Å². The van der Waals surface area contributed by atoms with Gasteiger partial charge in [0.2, 0.25) is 5.91 Å². The molecule has 0 aliphatic carbocycles. The molecule has 3 aromatic carbocycles. The Bertz CT molecular complexity index is 1180. The van der Waals surface area contributed by atoms with Crippen LogP contribution in [0.5, 0.6) is 5.75 Å². The van der Waals surface area contributed by atoms with Gasteiger partial charge < -0.3 is 5.11 Å². The highest BCUT2D eigenvalue weighted by molar-refractivity contribution is 9.10. The number of nitrogens with zero attached hydrogens (tertiary/aromatic N) is 2. The number of phenols is 1. The molecular formula is C24H19BrN2O4. The second-order valence-corrected chi connectivity index (χ2v) is 8.63. The third kappa shape index (κ3) is 3.21. The molecule has 0 radical (unpaired) electrons. The van der Waals surface area contributed by atoms with E-state index in [-0.39, 0.29) is 11.7 Å². The van der Waals surface area contributed by atoms with Crippen molar-refractivity contribution in [2.24, 2.45) is 5.92 Å². The molecule has 0 bridgehead atoms. The van der Waals surface area contributed by atoms with E-state index in [1.54, 1.807) is 35.4 Å². The summed E-state index contributed by atoms with van der Waals surface area (Å²) in [6.07, 6.45) is -0.975. The summed E-state index contributed by atoms with van der Waals surface area (Å²) in [5.41, 5.74) is 2.68. The molecule has 2 aliphatic heterocycles. The van der Waals surface area contributed by atoms with E-state index in [0.29, 0.717) is 16.9 Å². The molecule has 0 unspecified atom stereocenters. The Morgan fingerprint density at radius 3 is 2.39 bits per heavy atom. The number of para-hydroxylation sites is 1. The van der Waals surface area contributed by atoms with E-state index >= 15 is 0 Å². The molecule has 3 aromatic rings. The van der Waals surface area contributed by atoms with Crippen molar-refractivity contribution < 1.29 is 19.5 Å². The number of carbonyl (C=O) groups is 2. The van der Waals surface area contributed by atoms with Crippen molar-refractivity contribution in [2.45, 2.75) is 19.1 Å². The first-order valence-electron chi connectivity index (χ1n) is 9.89. The molecule has 0 aromatic heterocycles. The summed E-state index contributed by atoms with van der Waals surface area (Å²) in [5.74, 6) is -1.51. The molecule has 31 heavy (non-hydrogen) atoms. The number of imide groups is 1. The first kappa shape index (κ1) is 19.8. The zero-order valence-electron chi connectivity index (χ0n) is 16.6. The molecule has 2 aliphatic rings. The van der Waals surface area contributed by atoms with Crippen LogP contribution in [0.4, 0.5) is 11.4 Å². The van der Waals surface area contributed by atoms with E-state index in [1.807, 2.05) is 49.4 Å². The second-order valence-electron chi connectivity index (χ2n) is 7.71. The van der Waals surface area contributed by atoms with Gasteiger partial charge in [0.05, 0.1) is 17.4 Å². The summed E-state index contributed by atoms with van der Waals surface area (Å²) < 4.78 is 0.754. The van der Waals surface area contributed by atoms with E-state index in [0.717, 1.165) is 10.0 Å². The van der Waals surface area contributed by atoms with Crippen molar-refractivity contribution in [3.63, 3.8) is 0 Å². The van der Waals surface area contributed by atoms with Gasteiger partial charge in [0.15, 0.2) is 6.10 Å². The van der Waals surface area contributed by atoms with Crippen molar-refractivity contribution in [2.75, 3.05) is 9.96 Å². The van der Waals surface area contributed by atoms with Gasteiger partial charge in [0.1, 0.15) is 11.7 Å². The third-order valence-electron chi connectivity index (χ3n) is 5.69. The number of amides is 2. The van der Waals surface area contributed by atoms with Gasteiger partial charge in [-0.3, -0.25) is 14.4 Å². The summed E-state index contributed by atoms with van der Waals surface area (Å²) in [6.45, 7) is 1.91. The number of hydrogen-bond acceptors (Lipinski definition) is 5. The molecule has 1 N–H and O–H groups in total.